The van der Waals surface area contributed by atoms with Crippen LogP contribution in [-0.4, -0.2) is 12.5 Å². The molecule has 3 nitrogen and oxygen atoms in total. The second-order valence-electron chi connectivity index (χ2n) is 1.45. The van der Waals surface area contributed by atoms with Crippen molar-refractivity contribution in [3.8, 4) is 0 Å². The summed E-state index contributed by atoms with van der Waals surface area (Å²) in [5.41, 5.74) is 0.552. The first-order valence-electron chi connectivity index (χ1n) is 2.44. The van der Waals surface area contributed by atoms with E-state index in [0.717, 1.165) is 6.29 Å². The minimum atomic E-state index is 0.552. The molecule has 0 fully saturated rings. The van der Waals surface area contributed by atoms with Crippen molar-refractivity contribution in [1.29, 1.82) is 0 Å². The fourth-order valence-corrected chi connectivity index (χ4v) is 0.430. The lowest BCUT2D eigenvalue weighted by atomic mass is 10.3. The fraction of sp³-hybridized carbons (Fsp3) is 0. The van der Waals surface area contributed by atoms with Gasteiger partial charge >= 0.3 is 0 Å². The summed E-state index contributed by atoms with van der Waals surface area (Å²) in [6.07, 6.45) is 6.61. The number of aldehydes is 1. The number of allylic oxidation sites excluding steroid dienone is 3. The molecular weight excluding hydrogens is 118 g/mol. The lowest BCUT2D eigenvalue weighted by molar-refractivity contribution is -0.104. The van der Waals surface area contributed by atoms with Crippen LogP contribution in [-0.2, 0) is 9.63 Å². The van der Waals surface area contributed by atoms with Crippen LogP contribution in [0.3, 0.4) is 0 Å². The lowest BCUT2D eigenvalue weighted by Gasteiger charge is -1.79. The summed E-state index contributed by atoms with van der Waals surface area (Å²) in [7, 11) is 0. The standard InChI is InChI=1S/C6H5NO2/c8-5-6-1-3-7-9-4-2-6/h1-5H. The van der Waals surface area contributed by atoms with E-state index >= 15 is 0 Å². The van der Waals surface area contributed by atoms with Crippen LogP contribution in [0.5, 0.6) is 0 Å². The van der Waals surface area contributed by atoms with E-state index < -0.39 is 0 Å². The SMILES string of the molecule is O=CC1=CC=NOC=C1. The molecule has 0 N–H and O–H groups in total. The van der Waals surface area contributed by atoms with Gasteiger partial charge in [0.1, 0.15) is 12.5 Å². The lowest BCUT2D eigenvalue weighted by Crippen LogP contribution is -1.76. The molecule has 0 radical (unpaired) electrons. The van der Waals surface area contributed by atoms with Crippen molar-refractivity contribution in [3.63, 3.8) is 0 Å². The van der Waals surface area contributed by atoms with E-state index in [1.807, 2.05) is 0 Å². The quantitative estimate of drug-likeness (QED) is 0.480. The van der Waals surface area contributed by atoms with Gasteiger partial charge in [-0.3, -0.25) is 4.79 Å². The Hall–Kier alpha value is -1.38. The molecule has 0 aromatic heterocycles. The van der Waals surface area contributed by atoms with Gasteiger partial charge in [-0.1, -0.05) is 5.16 Å². The van der Waals surface area contributed by atoms with Crippen LogP contribution < -0.4 is 0 Å². The maximum atomic E-state index is 10.1. The fourth-order valence-electron chi connectivity index (χ4n) is 0.430. The molecular formula is C6H5NO2. The molecule has 9 heavy (non-hydrogen) atoms. The zero-order valence-corrected chi connectivity index (χ0v) is 4.65. The van der Waals surface area contributed by atoms with Crippen LogP contribution in [0.2, 0.25) is 0 Å². The van der Waals surface area contributed by atoms with Crippen LogP contribution in [0.4, 0.5) is 0 Å². The van der Waals surface area contributed by atoms with E-state index in [1.165, 1.54) is 12.5 Å². The summed E-state index contributed by atoms with van der Waals surface area (Å²) in [6, 6.07) is 0. The van der Waals surface area contributed by atoms with Crippen molar-refractivity contribution in [2.24, 2.45) is 5.16 Å². The molecule has 0 aromatic carbocycles. The average Bonchev–Trinajstić information content (AvgIpc) is 2.13. The summed E-state index contributed by atoms with van der Waals surface area (Å²) in [4.78, 5) is 14.6. The van der Waals surface area contributed by atoms with Crippen LogP contribution in [0.15, 0.2) is 29.1 Å². The summed E-state index contributed by atoms with van der Waals surface area (Å²) < 4.78 is 0. The Morgan fingerprint density at radius 1 is 1.67 bits per heavy atom. The Kier molecular flexibility index (Phi) is 1.80. The summed E-state index contributed by atoms with van der Waals surface area (Å²) in [5.74, 6) is 0. The number of carbonyl (C=O) groups excluding carboxylic acids is 1. The predicted octanol–water partition coefficient (Wildman–Crippen LogP) is 0.641. The van der Waals surface area contributed by atoms with Gasteiger partial charge in [0.25, 0.3) is 0 Å². The maximum Gasteiger partial charge on any atom is 0.150 e. The second-order valence-corrected chi connectivity index (χ2v) is 1.45. The van der Waals surface area contributed by atoms with Gasteiger partial charge in [-0.05, 0) is 12.2 Å². The maximum absolute atomic E-state index is 10.1. The Labute approximate surface area is 52.3 Å². The first kappa shape index (κ1) is 5.75. The van der Waals surface area contributed by atoms with Crippen LogP contribution in [0.1, 0.15) is 0 Å². The van der Waals surface area contributed by atoms with Gasteiger partial charge in [0.05, 0.1) is 6.21 Å². The van der Waals surface area contributed by atoms with Crippen molar-refractivity contribution in [2.75, 3.05) is 0 Å². The number of oxime groups is 1. The molecule has 0 aliphatic carbocycles. The van der Waals surface area contributed by atoms with Crippen molar-refractivity contribution in [1.82, 2.24) is 0 Å². The van der Waals surface area contributed by atoms with E-state index in [-0.39, 0.29) is 0 Å². The van der Waals surface area contributed by atoms with Crippen molar-refractivity contribution in [2.45, 2.75) is 0 Å². The highest BCUT2D eigenvalue weighted by Crippen LogP contribution is 1.94. The van der Waals surface area contributed by atoms with Gasteiger partial charge in [0, 0.05) is 5.57 Å². The largest absolute Gasteiger partial charge is 0.365 e. The van der Waals surface area contributed by atoms with Gasteiger partial charge < -0.3 is 4.84 Å². The van der Waals surface area contributed by atoms with E-state index in [1.54, 1.807) is 12.2 Å². The Morgan fingerprint density at radius 2 is 2.56 bits per heavy atom. The third kappa shape index (κ3) is 1.53. The van der Waals surface area contributed by atoms with E-state index in [0.29, 0.717) is 5.57 Å². The zero-order chi connectivity index (χ0) is 6.53. The predicted molar refractivity (Wildman–Crippen MR) is 32.9 cm³/mol. The molecule has 0 amide bonds. The van der Waals surface area contributed by atoms with E-state index in [4.69, 9.17) is 0 Å². The third-order valence-corrected chi connectivity index (χ3v) is 0.846. The smallest absolute Gasteiger partial charge is 0.150 e. The van der Waals surface area contributed by atoms with Crippen molar-refractivity contribution in [3.05, 3.63) is 24.0 Å². The van der Waals surface area contributed by atoms with Gasteiger partial charge in [-0.25, -0.2) is 0 Å². The number of carbonyl (C=O) groups is 1. The minimum Gasteiger partial charge on any atom is -0.365 e. The van der Waals surface area contributed by atoms with Crippen LogP contribution >= 0.6 is 0 Å². The molecule has 0 atom stereocenters. The molecule has 1 aliphatic heterocycles. The van der Waals surface area contributed by atoms with Gasteiger partial charge in [0.15, 0.2) is 0 Å². The first-order chi connectivity index (χ1) is 4.43. The highest BCUT2D eigenvalue weighted by atomic mass is 16.6. The number of nitrogens with zero attached hydrogens (tertiary/aromatic N) is 1. The topological polar surface area (TPSA) is 38.7 Å². The molecule has 0 spiro atoms. The second kappa shape index (κ2) is 2.81. The van der Waals surface area contributed by atoms with Crippen LogP contribution in [0.25, 0.3) is 0 Å². The van der Waals surface area contributed by atoms with Gasteiger partial charge in [0.2, 0.25) is 0 Å². The molecule has 3 heteroatoms. The molecule has 1 rings (SSSR count). The highest BCUT2D eigenvalue weighted by molar-refractivity contribution is 5.86. The summed E-state index contributed by atoms with van der Waals surface area (Å²) in [6.45, 7) is 0. The zero-order valence-electron chi connectivity index (χ0n) is 4.65. The Morgan fingerprint density at radius 3 is 3.33 bits per heavy atom. The molecule has 0 saturated carbocycles. The minimum absolute atomic E-state index is 0.552. The van der Waals surface area contributed by atoms with Crippen LogP contribution in [0, 0.1) is 0 Å². The molecule has 0 saturated heterocycles. The highest BCUT2D eigenvalue weighted by Gasteiger charge is 1.88. The molecule has 46 valence electrons. The third-order valence-electron chi connectivity index (χ3n) is 0.846. The number of hydrogen-bond donors (Lipinski definition) is 0. The van der Waals surface area contributed by atoms with Gasteiger partial charge in [-0.2, -0.15) is 0 Å². The average molecular weight is 123 g/mol. The first-order valence-corrected chi connectivity index (χ1v) is 2.44. The van der Waals surface area contributed by atoms with E-state index in [9.17, 15) is 4.79 Å². The van der Waals surface area contributed by atoms with Crippen molar-refractivity contribution >= 4 is 12.5 Å². The molecule has 0 bridgehead atoms. The normalized spacial score (nSPS) is 15.8. The molecule has 1 heterocycles. The van der Waals surface area contributed by atoms with Crippen molar-refractivity contribution < 1.29 is 9.63 Å². The molecule has 1 aliphatic rings. The molecule has 0 unspecified atom stereocenters. The Balaban J connectivity index is 2.78. The van der Waals surface area contributed by atoms with Gasteiger partial charge in [-0.15, -0.1) is 0 Å². The summed E-state index contributed by atoms with van der Waals surface area (Å²) in [5, 5.41) is 3.42. The van der Waals surface area contributed by atoms with E-state index in [2.05, 4.69) is 9.99 Å². The summed E-state index contributed by atoms with van der Waals surface area (Å²) >= 11 is 0. The molecule has 0 aromatic rings. The monoisotopic (exact) mass is 123 g/mol. The number of rotatable bonds is 1. The Bertz CT molecular complexity index is 191. The number of hydrogen-bond acceptors (Lipinski definition) is 3.